The van der Waals surface area contributed by atoms with Crippen LogP contribution in [0.1, 0.15) is 37.2 Å². The molecule has 2 saturated carbocycles. The Balaban J connectivity index is 1.60. The summed E-state index contributed by atoms with van der Waals surface area (Å²) in [5, 5.41) is -0.251. The third-order valence-electron chi connectivity index (χ3n) is 6.30. The Labute approximate surface area is 143 Å². The number of carbonyl (C=O) groups excluding carboxylic acids is 1. The molecule has 6 heteroatoms. The largest absolute Gasteiger partial charge is 0.369 e. The Bertz CT molecular complexity index is 734. The number of carbonyl (C=O) groups is 1. The lowest BCUT2D eigenvalue weighted by molar-refractivity contribution is -0.121. The van der Waals surface area contributed by atoms with Crippen molar-refractivity contribution in [2.24, 2.45) is 23.5 Å². The van der Waals surface area contributed by atoms with E-state index < -0.39 is 21.8 Å². The van der Waals surface area contributed by atoms with Gasteiger partial charge in [0.05, 0.1) is 11.2 Å². The summed E-state index contributed by atoms with van der Waals surface area (Å²) in [5.74, 6) is -0.107. The third-order valence-corrected chi connectivity index (χ3v) is 8.66. The van der Waals surface area contributed by atoms with E-state index in [9.17, 15) is 13.2 Å². The number of hydrogen-bond acceptors (Lipinski definition) is 3. The Morgan fingerprint density at radius 1 is 1.08 bits per heavy atom. The number of amides is 1. The van der Waals surface area contributed by atoms with Crippen molar-refractivity contribution in [3.8, 4) is 0 Å². The summed E-state index contributed by atoms with van der Waals surface area (Å²) in [6.45, 7) is 0.596. The average molecular weight is 348 g/mol. The second-order valence-electron chi connectivity index (χ2n) is 7.60. The molecule has 4 rings (SSSR count). The Kier molecular flexibility index (Phi) is 3.92. The van der Waals surface area contributed by atoms with E-state index >= 15 is 0 Å². The van der Waals surface area contributed by atoms with E-state index in [1.807, 2.05) is 30.3 Å². The molecule has 0 spiro atoms. The first-order valence-electron chi connectivity index (χ1n) is 8.80. The van der Waals surface area contributed by atoms with Gasteiger partial charge < -0.3 is 5.73 Å². The Morgan fingerprint density at radius 3 is 2.42 bits per heavy atom. The highest BCUT2D eigenvalue weighted by molar-refractivity contribution is 7.89. The van der Waals surface area contributed by atoms with E-state index in [0.29, 0.717) is 18.4 Å². The SMILES string of the molecule is NC(=O)[C@@H]1CN(S(=O)(=O)C2C[C@@H]3CC[C@H]2C3)C[C@H]1c1ccccc1. The van der Waals surface area contributed by atoms with E-state index in [4.69, 9.17) is 5.73 Å². The molecule has 3 fully saturated rings. The Morgan fingerprint density at radius 2 is 1.83 bits per heavy atom. The summed E-state index contributed by atoms with van der Waals surface area (Å²) in [4.78, 5) is 11.9. The van der Waals surface area contributed by atoms with Gasteiger partial charge in [0.1, 0.15) is 0 Å². The highest BCUT2D eigenvalue weighted by Crippen LogP contribution is 2.49. The molecule has 1 heterocycles. The second kappa shape index (κ2) is 5.85. The third kappa shape index (κ3) is 2.56. The van der Waals surface area contributed by atoms with Gasteiger partial charge >= 0.3 is 0 Å². The number of nitrogens with zero attached hydrogens (tertiary/aromatic N) is 1. The van der Waals surface area contributed by atoms with Gasteiger partial charge in [0.15, 0.2) is 0 Å². The maximum atomic E-state index is 13.1. The van der Waals surface area contributed by atoms with Crippen molar-refractivity contribution in [2.45, 2.75) is 36.9 Å². The molecule has 1 saturated heterocycles. The van der Waals surface area contributed by atoms with E-state index in [1.54, 1.807) is 4.31 Å². The van der Waals surface area contributed by atoms with Crippen LogP contribution in [0.4, 0.5) is 0 Å². The number of benzene rings is 1. The maximum absolute atomic E-state index is 13.1. The first kappa shape index (κ1) is 16.1. The highest BCUT2D eigenvalue weighted by atomic mass is 32.2. The molecule has 130 valence electrons. The predicted octanol–water partition coefficient (Wildman–Crippen LogP) is 1.71. The lowest BCUT2D eigenvalue weighted by Crippen LogP contribution is -2.40. The first-order chi connectivity index (χ1) is 11.5. The molecule has 24 heavy (non-hydrogen) atoms. The fourth-order valence-corrected chi connectivity index (χ4v) is 7.41. The van der Waals surface area contributed by atoms with Gasteiger partial charge in [-0.2, -0.15) is 0 Å². The summed E-state index contributed by atoms with van der Waals surface area (Å²) in [7, 11) is -3.35. The molecule has 0 radical (unpaired) electrons. The zero-order valence-corrected chi connectivity index (χ0v) is 14.5. The quantitative estimate of drug-likeness (QED) is 0.899. The van der Waals surface area contributed by atoms with E-state index in [2.05, 4.69) is 0 Å². The minimum Gasteiger partial charge on any atom is -0.369 e. The van der Waals surface area contributed by atoms with Crippen molar-refractivity contribution < 1.29 is 13.2 Å². The molecule has 0 aromatic heterocycles. The summed E-state index contributed by atoms with van der Waals surface area (Å²) in [6.07, 6.45) is 4.05. The summed E-state index contributed by atoms with van der Waals surface area (Å²) < 4.78 is 27.8. The number of primary amides is 1. The van der Waals surface area contributed by atoms with E-state index in [-0.39, 0.29) is 17.7 Å². The fourth-order valence-electron chi connectivity index (χ4n) is 5.04. The van der Waals surface area contributed by atoms with Crippen LogP contribution in [0.15, 0.2) is 30.3 Å². The molecule has 5 nitrogen and oxygen atoms in total. The second-order valence-corrected chi connectivity index (χ2v) is 9.75. The number of hydrogen-bond donors (Lipinski definition) is 1. The zero-order chi connectivity index (χ0) is 16.9. The normalized spacial score (nSPS) is 36.2. The number of nitrogens with two attached hydrogens (primary N) is 1. The predicted molar refractivity (Wildman–Crippen MR) is 91.6 cm³/mol. The van der Waals surface area contributed by atoms with Gasteiger partial charge in [0, 0.05) is 19.0 Å². The molecule has 2 N–H and O–H groups in total. The van der Waals surface area contributed by atoms with Crippen LogP contribution in [-0.4, -0.2) is 37.0 Å². The van der Waals surface area contributed by atoms with Crippen molar-refractivity contribution in [2.75, 3.05) is 13.1 Å². The molecule has 2 bridgehead atoms. The van der Waals surface area contributed by atoms with Crippen molar-refractivity contribution in [1.82, 2.24) is 4.31 Å². The molecule has 5 atom stereocenters. The van der Waals surface area contributed by atoms with Gasteiger partial charge in [0.2, 0.25) is 15.9 Å². The van der Waals surface area contributed by atoms with Crippen molar-refractivity contribution in [3.63, 3.8) is 0 Å². The van der Waals surface area contributed by atoms with Crippen molar-refractivity contribution in [3.05, 3.63) is 35.9 Å². The lowest BCUT2D eigenvalue weighted by atomic mass is 9.89. The van der Waals surface area contributed by atoms with Gasteiger partial charge in [-0.3, -0.25) is 4.79 Å². The van der Waals surface area contributed by atoms with Crippen LogP contribution in [0, 0.1) is 17.8 Å². The van der Waals surface area contributed by atoms with Crippen molar-refractivity contribution >= 4 is 15.9 Å². The van der Waals surface area contributed by atoms with Gasteiger partial charge in [-0.05, 0) is 36.7 Å². The number of sulfonamides is 1. The molecule has 2 aliphatic carbocycles. The van der Waals surface area contributed by atoms with Gasteiger partial charge in [-0.15, -0.1) is 0 Å². The molecule has 1 aromatic carbocycles. The monoisotopic (exact) mass is 348 g/mol. The van der Waals surface area contributed by atoms with Gasteiger partial charge in [-0.25, -0.2) is 12.7 Å². The summed E-state index contributed by atoms with van der Waals surface area (Å²) >= 11 is 0. The van der Waals surface area contributed by atoms with Crippen LogP contribution in [0.2, 0.25) is 0 Å². The summed E-state index contributed by atoms with van der Waals surface area (Å²) in [6, 6.07) is 9.66. The molecular weight excluding hydrogens is 324 g/mol. The zero-order valence-electron chi connectivity index (χ0n) is 13.7. The van der Waals surface area contributed by atoms with Gasteiger partial charge in [-0.1, -0.05) is 36.8 Å². The molecule has 1 unspecified atom stereocenters. The standard InChI is InChI=1S/C18H24N2O3S/c19-18(21)16-11-20(10-15(16)13-4-2-1-3-5-13)24(22,23)17-9-12-6-7-14(17)8-12/h1-5,12,14-17H,6-11H2,(H2,19,21)/t12-,14+,15+,16-,17?/m1/s1. The van der Waals surface area contributed by atoms with E-state index in [0.717, 1.165) is 24.8 Å². The molecule has 1 aromatic rings. The molecular formula is C18H24N2O3S. The van der Waals surface area contributed by atoms with E-state index in [1.165, 1.54) is 6.42 Å². The average Bonchev–Trinajstić information content (AvgIpc) is 3.30. The molecule has 3 aliphatic rings. The van der Waals surface area contributed by atoms with Crippen LogP contribution >= 0.6 is 0 Å². The highest BCUT2D eigenvalue weighted by Gasteiger charge is 2.51. The van der Waals surface area contributed by atoms with Crippen LogP contribution in [-0.2, 0) is 14.8 Å². The maximum Gasteiger partial charge on any atom is 0.222 e. The topological polar surface area (TPSA) is 80.5 Å². The lowest BCUT2D eigenvalue weighted by Gasteiger charge is -2.27. The van der Waals surface area contributed by atoms with Gasteiger partial charge in [0.25, 0.3) is 0 Å². The summed E-state index contributed by atoms with van der Waals surface area (Å²) in [5.41, 5.74) is 6.58. The van der Waals surface area contributed by atoms with Crippen LogP contribution in [0.5, 0.6) is 0 Å². The smallest absolute Gasteiger partial charge is 0.222 e. The number of fused-ring (bicyclic) bond motifs is 2. The number of rotatable bonds is 4. The van der Waals surface area contributed by atoms with Crippen molar-refractivity contribution in [1.29, 1.82) is 0 Å². The van der Waals surface area contributed by atoms with Crippen LogP contribution < -0.4 is 5.73 Å². The Hall–Kier alpha value is -1.40. The van der Waals surface area contributed by atoms with Crippen LogP contribution in [0.3, 0.4) is 0 Å². The molecule has 1 aliphatic heterocycles. The van der Waals surface area contributed by atoms with Crippen LogP contribution in [0.25, 0.3) is 0 Å². The molecule has 1 amide bonds. The minimum absolute atomic E-state index is 0.142. The minimum atomic E-state index is -3.35. The first-order valence-corrected chi connectivity index (χ1v) is 10.3. The fraction of sp³-hybridized carbons (Fsp3) is 0.611.